The fourth-order valence-corrected chi connectivity index (χ4v) is 9.01. The van der Waals surface area contributed by atoms with Crippen LogP contribution in [-0.2, 0) is 85.6 Å². The van der Waals surface area contributed by atoms with Crippen molar-refractivity contribution in [1.29, 1.82) is 0 Å². The number of nitrogens with one attached hydrogen (secondary N) is 7. The molecule has 13 unspecified atom stereocenters. The SMILES string of the molecule is CCNC(CCC(=O)NCCOCCOCCOC(OC(C)CO)C(NC(C)=O)C(O)O)(CCC(=O)NCCOCCOCCOC1OC(CO)C(O)C(O)C1NC(C)=O)CCC(=O)NCCOCCOCCOC1OC(CO)C(O)C(O)C1NC(C)=O. The third kappa shape index (κ3) is 33.3. The Labute approximate surface area is 512 Å². The molecule has 0 aromatic heterocycles. The fraction of sp³-hybridized carbons (Fsp3) is 0.889. The molecule has 0 aromatic carbocycles. The Morgan fingerprint density at radius 2 is 0.875 bits per heavy atom. The molecule has 16 N–H and O–H groups in total. The first-order valence-corrected chi connectivity index (χ1v) is 29.7. The Kier molecular flexibility index (Phi) is 42.7. The lowest BCUT2D eigenvalue weighted by Gasteiger charge is -2.42. The molecular formula is C54H101N7O27. The molecule has 2 saturated heterocycles. The third-order valence-corrected chi connectivity index (χ3v) is 13.5. The maximum atomic E-state index is 13.2. The smallest absolute Gasteiger partial charge is 0.220 e. The monoisotopic (exact) mass is 1280 g/mol. The zero-order chi connectivity index (χ0) is 65.3. The van der Waals surface area contributed by atoms with Crippen LogP contribution in [0.3, 0.4) is 0 Å². The van der Waals surface area contributed by atoms with Crippen LogP contribution in [0.2, 0.25) is 0 Å². The summed E-state index contributed by atoms with van der Waals surface area (Å²) in [7, 11) is 0. The molecule has 88 heavy (non-hydrogen) atoms. The molecule has 514 valence electrons. The van der Waals surface area contributed by atoms with Gasteiger partial charge in [0.15, 0.2) is 25.2 Å². The number of aliphatic hydroxyl groups excluding tert-OH is 8. The first-order chi connectivity index (χ1) is 42.1. The standard InChI is InChI=1S/C54H101N7O27/c1-6-58-54(12-9-42(70)57-15-18-79-21-24-82-27-30-85-53(86-34(2)31-62)45(50(75)76)61-37(5)67,10-7-40(68)55-13-16-77-19-22-80-25-28-83-51-43(59-35(3)65)48(73)46(71)38(32-63)87-51)11-8-41(69)56-14-17-78-20-23-81-26-29-84-52-44(60-36(4)66)49(74)47(72)39(33-64)88-52/h34,38-39,43-53,58,62-64,71-76H,6-33H2,1-5H3,(H,55,68)(H,56,69)(H,57,70)(H,59,65)(H,60,66)(H,61,67). The van der Waals surface area contributed by atoms with Crippen LogP contribution in [-0.4, -0.2) is 318 Å². The van der Waals surface area contributed by atoms with Crippen LogP contribution in [0.5, 0.6) is 0 Å². The molecule has 0 aromatic rings. The molecular weight excluding hydrogens is 1180 g/mol. The van der Waals surface area contributed by atoms with Gasteiger partial charge in [0.1, 0.15) is 54.7 Å². The van der Waals surface area contributed by atoms with E-state index in [0.717, 1.165) is 0 Å². The molecule has 0 radical (unpaired) electrons. The highest BCUT2D eigenvalue weighted by molar-refractivity contribution is 5.78. The van der Waals surface area contributed by atoms with Crippen molar-refractivity contribution in [3.05, 3.63) is 0 Å². The molecule has 34 nitrogen and oxygen atoms in total. The Balaban J connectivity index is 1.84. The predicted molar refractivity (Wildman–Crippen MR) is 304 cm³/mol. The van der Waals surface area contributed by atoms with E-state index in [1.165, 1.54) is 27.7 Å². The van der Waals surface area contributed by atoms with Crippen molar-refractivity contribution in [2.45, 2.75) is 165 Å². The number of hydrogen-bond acceptors (Lipinski definition) is 28. The lowest BCUT2D eigenvalue weighted by atomic mass is 9.83. The number of ether oxygens (including phenoxy) is 12. The second kappa shape index (κ2) is 46.9. The molecule has 0 spiro atoms. The van der Waals surface area contributed by atoms with Crippen molar-refractivity contribution >= 4 is 35.4 Å². The summed E-state index contributed by atoms with van der Waals surface area (Å²) >= 11 is 0. The zero-order valence-corrected chi connectivity index (χ0v) is 51.3. The van der Waals surface area contributed by atoms with Crippen molar-refractivity contribution in [2.75, 3.05) is 145 Å². The van der Waals surface area contributed by atoms with Gasteiger partial charge in [0.2, 0.25) is 35.4 Å². The third-order valence-electron chi connectivity index (χ3n) is 13.5. The van der Waals surface area contributed by atoms with Gasteiger partial charge in [-0.05, 0) is 32.7 Å². The first-order valence-electron chi connectivity index (χ1n) is 29.7. The van der Waals surface area contributed by atoms with E-state index in [2.05, 4.69) is 37.2 Å². The number of aliphatic hydroxyl groups is 9. The molecule has 2 aliphatic heterocycles. The van der Waals surface area contributed by atoms with Crippen molar-refractivity contribution in [1.82, 2.24) is 37.2 Å². The summed E-state index contributed by atoms with van der Waals surface area (Å²) < 4.78 is 66.7. The highest BCUT2D eigenvalue weighted by Crippen LogP contribution is 2.27. The highest BCUT2D eigenvalue weighted by Gasteiger charge is 2.47. The fourth-order valence-electron chi connectivity index (χ4n) is 9.01. The van der Waals surface area contributed by atoms with Gasteiger partial charge in [-0.3, -0.25) is 28.8 Å². The van der Waals surface area contributed by atoms with Gasteiger partial charge >= 0.3 is 0 Å². The van der Waals surface area contributed by atoms with Crippen molar-refractivity contribution < 1.29 is 132 Å². The van der Waals surface area contributed by atoms with Crippen molar-refractivity contribution in [3.8, 4) is 0 Å². The topological polar surface area (TPSA) is 479 Å². The number of carbonyl (C=O) groups is 6. The van der Waals surface area contributed by atoms with Crippen LogP contribution in [0.15, 0.2) is 0 Å². The Hall–Kier alpha value is -4.06. The number of hydrogen-bond donors (Lipinski definition) is 16. The maximum absolute atomic E-state index is 13.2. The van der Waals surface area contributed by atoms with Crippen LogP contribution in [0, 0.1) is 0 Å². The van der Waals surface area contributed by atoms with E-state index in [0.29, 0.717) is 6.54 Å². The van der Waals surface area contributed by atoms with E-state index >= 15 is 0 Å². The summed E-state index contributed by atoms with van der Waals surface area (Å²) in [5, 5.41) is 108. The molecule has 2 fully saturated rings. The summed E-state index contributed by atoms with van der Waals surface area (Å²) in [6, 6.07) is -3.51. The minimum absolute atomic E-state index is 0.0145. The lowest BCUT2D eigenvalue weighted by Crippen LogP contribution is -2.64. The summed E-state index contributed by atoms with van der Waals surface area (Å²) in [4.78, 5) is 74.4. The second-order valence-electron chi connectivity index (χ2n) is 20.7. The number of amides is 6. The van der Waals surface area contributed by atoms with Crippen LogP contribution in [0.4, 0.5) is 0 Å². The van der Waals surface area contributed by atoms with Crippen molar-refractivity contribution in [2.24, 2.45) is 0 Å². The van der Waals surface area contributed by atoms with E-state index in [4.69, 9.17) is 56.8 Å². The normalized spacial score (nSPS) is 23.8. The molecule has 34 heteroatoms. The van der Waals surface area contributed by atoms with Crippen LogP contribution in [0.25, 0.3) is 0 Å². The molecule has 0 saturated carbocycles. The van der Waals surface area contributed by atoms with E-state index in [-0.39, 0.29) is 182 Å². The van der Waals surface area contributed by atoms with Gasteiger partial charge in [-0.15, -0.1) is 0 Å². The Morgan fingerprint density at radius 1 is 0.511 bits per heavy atom. The summed E-state index contributed by atoms with van der Waals surface area (Å²) in [5.41, 5.74) is -0.815. The van der Waals surface area contributed by atoms with Gasteiger partial charge < -0.3 is 140 Å². The number of carbonyl (C=O) groups excluding carboxylic acids is 6. The highest BCUT2D eigenvalue weighted by atomic mass is 16.7. The maximum Gasteiger partial charge on any atom is 0.220 e. The summed E-state index contributed by atoms with van der Waals surface area (Å²) in [5.74, 6) is -2.38. The zero-order valence-electron chi connectivity index (χ0n) is 51.3. The van der Waals surface area contributed by atoms with Gasteiger partial charge in [0, 0.05) is 65.2 Å². The summed E-state index contributed by atoms with van der Waals surface area (Å²) in [6.45, 7) is 8.08. The van der Waals surface area contributed by atoms with Gasteiger partial charge in [-0.25, -0.2) is 0 Å². The minimum atomic E-state index is -2.01. The molecule has 2 heterocycles. The molecule has 2 aliphatic rings. The van der Waals surface area contributed by atoms with Gasteiger partial charge in [-0.1, -0.05) is 6.92 Å². The lowest BCUT2D eigenvalue weighted by molar-refractivity contribution is -0.272. The van der Waals surface area contributed by atoms with Gasteiger partial charge in [0.25, 0.3) is 0 Å². The Morgan fingerprint density at radius 3 is 1.20 bits per heavy atom. The molecule has 13 atom stereocenters. The Bertz CT molecular complexity index is 1840. The van der Waals surface area contributed by atoms with Gasteiger partial charge in [-0.2, -0.15) is 0 Å². The molecule has 2 rings (SSSR count). The quantitative estimate of drug-likeness (QED) is 0.0199. The van der Waals surface area contributed by atoms with E-state index in [1.54, 1.807) is 0 Å². The molecule has 0 bridgehead atoms. The average Bonchev–Trinajstić information content (AvgIpc) is 2.09. The second-order valence-corrected chi connectivity index (χ2v) is 20.7. The van der Waals surface area contributed by atoms with Crippen LogP contribution >= 0.6 is 0 Å². The molecule has 6 amide bonds. The van der Waals surface area contributed by atoms with E-state index in [1.807, 2.05) is 6.92 Å². The first kappa shape index (κ1) is 80.0. The van der Waals surface area contributed by atoms with Crippen molar-refractivity contribution in [3.63, 3.8) is 0 Å². The predicted octanol–water partition coefficient (Wildman–Crippen LogP) is -7.40. The van der Waals surface area contributed by atoms with E-state index in [9.17, 15) is 74.7 Å². The summed E-state index contributed by atoms with van der Waals surface area (Å²) in [6.07, 6.45) is -13.4. The van der Waals surface area contributed by atoms with Crippen LogP contribution in [0.1, 0.15) is 73.1 Å². The largest absolute Gasteiger partial charge is 0.394 e. The van der Waals surface area contributed by atoms with Crippen LogP contribution < -0.4 is 37.2 Å². The minimum Gasteiger partial charge on any atom is -0.394 e. The van der Waals surface area contributed by atoms with Gasteiger partial charge in [0.05, 0.1) is 125 Å². The van der Waals surface area contributed by atoms with E-state index < -0.39 is 122 Å². The number of rotatable bonds is 51. The average molecular weight is 1280 g/mol. The molecule has 0 aliphatic carbocycles.